The number of benzene rings is 1. The van der Waals surface area contributed by atoms with Gasteiger partial charge in [0.25, 0.3) is 0 Å². The summed E-state index contributed by atoms with van der Waals surface area (Å²) in [6.45, 7) is 0.0661. The van der Waals surface area contributed by atoms with Crippen LogP contribution in [0.15, 0.2) is 36.5 Å². The first-order chi connectivity index (χ1) is 6.36. The fourth-order valence-electron chi connectivity index (χ4n) is 0.899. The highest BCUT2D eigenvalue weighted by atomic mass is 16.3. The molecule has 3 nitrogen and oxygen atoms in total. The van der Waals surface area contributed by atoms with Gasteiger partial charge < -0.3 is 15.8 Å². The Morgan fingerprint density at radius 1 is 1.31 bits per heavy atom. The molecule has 13 heavy (non-hydrogen) atoms. The van der Waals surface area contributed by atoms with E-state index in [1.807, 2.05) is 24.3 Å². The van der Waals surface area contributed by atoms with Crippen LogP contribution in [-0.4, -0.2) is 11.3 Å². The van der Waals surface area contributed by atoms with Crippen molar-refractivity contribution < 1.29 is 5.11 Å². The summed E-state index contributed by atoms with van der Waals surface area (Å²) in [6.07, 6.45) is 4.48. The molecule has 68 valence electrons. The van der Waals surface area contributed by atoms with E-state index in [1.54, 1.807) is 12.3 Å². The third-order valence-electron chi connectivity index (χ3n) is 1.58. The quantitative estimate of drug-likeness (QED) is 0.612. The van der Waals surface area contributed by atoms with Crippen LogP contribution in [0.4, 0.5) is 5.69 Å². The minimum Gasteiger partial charge on any atom is -0.392 e. The van der Waals surface area contributed by atoms with E-state index in [1.165, 1.54) is 6.21 Å². The predicted molar refractivity (Wildman–Crippen MR) is 53.9 cm³/mol. The molecule has 0 heterocycles. The van der Waals surface area contributed by atoms with Gasteiger partial charge in [0.15, 0.2) is 0 Å². The van der Waals surface area contributed by atoms with E-state index in [0.717, 1.165) is 11.3 Å². The fraction of sp³-hybridized carbons (Fsp3) is 0.100. The monoisotopic (exact) mass is 176 g/mol. The van der Waals surface area contributed by atoms with Crippen molar-refractivity contribution in [1.82, 2.24) is 0 Å². The van der Waals surface area contributed by atoms with E-state index in [9.17, 15) is 0 Å². The highest BCUT2D eigenvalue weighted by Gasteiger charge is 1.89. The Morgan fingerprint density at radius 3 is 2.54 bits per heavy atom. The Hall–Kier alpha value is -1.61. The van der Waals surface area contributed by atoms with Crippen molar-refractivity contribution >= 4 is 11.9 Å². The maximum Gasteiger partial charge on any atom is 0.0681 e. The highest BCUT2D eigenvalue weighted by molar-refractivity contribution is 5.68. The third kappa shape index (κ3) is 3.09. The van der Waals surface area contributed by atoms with Crippen molar-refractivity contribution in [2.24, 2.45) is 0 Å². The van der Waals surface area contributed by atoms with Gasteiger partial charge in [-0.05, 0) is 23.8 Å². The zero-order valence-electron chi connectivity index (χ0n) is 7.20. The first-order valence-corrected chi connectivity index (χ1v) is 3.99. The molecule has 1 aromatic rings. The van der Waals surface area contributed by atoms with Crippen molar-refractivity contribution in [3.8, 4) is 0 Å². The largest absolute Gasteiger partial charge is 0.392 e. The summed E-state index contributed by atoms with van der Waals surface area (Å²) in [7, 11) is 0. The minimum atomic E-state index is 0.0661. The average Bonchev–Trinajstić information content (AvgIpc) is 2.19. The highest BCUT2D eigenvalue weighted by Crippen LogP contribution is 2.08. The molecular weight excluding hydrogens is 164 g/mol. The van der Waals surface area contributed by atoms with Gasteiger partial charge in [-0.1, -0.05) is 12.1 Å². The Labute approximate surface area is 77.2 Å². The molecular formula is C10H12N2O. The molecule has 0 aliphatic carbocycles. The smallest absolute Gasteiger partial charge is 0.0681 e. The number of rotatable bonds is 4. The zero-order valence-corrected chi connectivity index (χ0v) is 7.20. The minimum absolute atomic E-state index is 0.0661. The lowest BCUT2D eigenvalue weighted by Crippen LogP contribution is -1.88. The topological polar surface area (TPSA) is 56.1 Å². The van der Waals surface area contributed by atoms with Crippen molar-refractivity contribution in [2.75, 3.05) is 5.32 Å². The molecule has 0 aliphatic rings. The van der Waals surface area contributed by atoms with Gasteiger partial charge in [-0.2, -0.15) is 0 Å². The Bertz CT molecular complexity index is 290. The van der Waals surface area contributed by atoms with Crippen molar-refractivity contribution in [1.29, 1.82) is 5.41 Å². The van der Waals surface area contributed by atoms with Crippen LogP contribution in [0, 0.1) is 5.41 Å². The van der Waals surface area contributed by atoms with Gasteiger partial charge in [0.2, 0.25) is 0 Å². The van der Waals surface area contributed by atoms with E-state index < -0.39 is 0 Å². The molecule has 3 heteroatoms. The van der Waals surface area contributed by atoms with Crippen LogP contribution in [0.5, 0.6) is 0 Å². The van der Waals surface area contributed by atoms with Crippen LogP contribution in [0.25, 0.3) is 0 Å². The molecule has 0 radical (unpaired) electrons. The average molecular weight is 176 g/mol. The first-order valence-electron chi connectivity index (χ1n) is 3.99. The second-order valence-electron chi connectivity index (χ2n) is 2.53. The summed E-state index contributed by atoms with van der Waals surface area (Å²) in [5.41, 5.74) is 1.83. The van der Waals surface area contributed by atoms with Crippen LogP contribution in [0.3, 0.4) is 0 Å². The lowest BCUT2D eigenvalue weighted by Gasteiger charge is -2.00. The number of hydrogen-bond acceptors (Lipinski definition) is 3. The molecule has 0 atom stereocenters. The molecule has 0 spiro atoms. The van der Waals surface area contributed by atoms with Crippen molar-refractivity contribution in [3.63, 3.8) is 0 Å². The lowest BCUT2D eigenvalue weighted by molar-refractivity contribution is 0.282. The molecule has 3 N–H and O–H groups in total. The standard InChI is InChI=1S/C10H12N2O/c11-6-1-7-12-10-4-2-9(8-13)3-5-10/h1-7,11-13H,8H2/b7-1-,11-6?. The van der Waals surface area contributed by atoms with Gasteiger partial charge in [-0.3, -0.25) is 0 Å². The summed E-state index contributed by atoms with van der Waals surface area (Å²) < 4.78 is 0. The number of anilines is 1. The molecule has 0 bridgehead atoms. The van der Waals surface area contributed by atoms with Crippen LogP contribution in [0.2, 0.25) is 0 Å². The van der Waals surface area contributed by atoms with Gasteiger partial charge in [0, 0.05) is 18.1 Å². The summed E-state index contributed by atoms with van der Waals surface area (Å²) in [6, 6.07) is 7.45. The summed E-state index contributed by atoms with van der Waals surface area (Å²) in [5, 5.41) is 18.5. The predicted octanol–water partition coefficient (Wildman–Crippen LogP) is 1.75. The summed E-state index contributed by atoms with van der Waals surface area (Å²) in [4.78, 5) is 0. The molecule has 1 aromatic carbocycles. The van der Waals surface area contributed by atoms with Gasteiger partial charge in [0.05, 0.1) is 6.61 Å². The second kappa shape index (κ2) is 5.11. The number of nitrogens with one attached hydrogen (secondary N) is 2. The number of allylic oxidation sites excluding steroid dienone is 1. The number of aliphatic hydroxyl groups excluding tert-OH is 1. The van der Waals surface area contributed by atoms with Crippen LogP contribution in [-0.2, 0) is 6.61 Å². The van der Waals surface area contributed by atoms with E-state index in [4.69, 9.17) is 10.5 Å². The van der Waals surface area contributed by atoms with E-state index in [0.29, 0.717) is 0 Å². The Kier molecular flexibility index (Phi) is 3.73. The molecule has 0 aromatic heterocycles. The van der Waals surface area contributed by atoms with Crippen LogP contribution >= 0.6 is 0 Å². The normalized spacial score (nSPS) is 10.2. The van der Waals surface area contributed by atoms with Gasteiger partial charge in [-0.25, -0.2) is 0 Å². The third-order valence-corrected chi connectivity index (χ3v) is 1.58. The Morgan fingerprint density at radius 2 is 2.00 bits per heavy atom. The summed E-state index contributed by atoms with van der Waals surface area (Å²) in [5.74, 6) is 0. The van der Waals surface area contributed by atoms with Crippen LogP contribution < -0.4 is 5.32 Å². The van der Waals surface area contributed by atoms with Gasteiger partial charge >= 0.3 is 0 Å². The van der Waals surface area contributed by atoms with E-state index in [2.05, 4.69) is 5.32 Å². The maximum atomic E-state index is 8.78. The number of hydrogen-bond donors (Lipinski definition) is 3. The molecule has 1 rings (SSSR count). The molecule has 0 saturated carbocycles. The molecule has 0 unspecified atom stereocenters. The molecule has 0 amide bonds. The SMILES string of the molecule is N=C/C=C\Nc1ccc(CO)cc1. The second-order valence-corrected chi connectivity index (χ2v) is 2.53. The lowest BCUT2D eigenvalue weighted by atomic mass is 10.2. The molecule has 0 saturated heterocycles. The van der Waals surface area contributed by atoms with Gasteiger partial charge in [0.1, 0.15) is 0 Å². The molecule has 0 aliphatic heterocycles. The fourth-order valence-corrected chi connectivity index (χ4v) is 0.899. The first kappa shape index (κ1) is 9.48. The number of aliphatic hydroxyl groups is 1. The van der Waals surface area contributed by atoms with E-state index in [-0.39, 0.29) is 6.61 Å². The van der Waals surface area contributed by atoms with Crippen molar-refractivity contribution in [3.05, 3.63) is 42.1 Å². The zero-order chi connectivity index (χ0) is 9.52. The Balaban J connectivity index is 2.58. The van der Waals surface area contributed by atoms with Crippen LogP contribution in [0.1, 0.15) is 5.56 Å². The summed E-state index contributed by atoms with van der Waals surface area (Å²) >= 11 is 0. The van der Waals surface area contributed by atoms with E-state index >= 15 is 0 Å². The van der Waals surface area contributed by atoms with Gasteiger partial charge in [-0.15, -0.1) is 0 Å². The van der Waals surface area contributed by atoms with Crippen molar-refractivity contribution in [2.45, 2.75) is 6.61 Å². The molecule has 0 fully saturated rings. The maximum absolute atomic E-state index is 8.78.